The first-order valence-corrected chi connectivity index (χ1v) is 20.8. The second-order valence-corrected chi connectivity index (χ2v) is 16.0. The maximum atomic E-state index is 2.43. The molecule has 0 bridgehead atoms. The first kappa shape index (κ1) is 34.3. The summed E-state index contributed by atoms with van der Waals surface area (Å²) in [4.78, 5) is 2.40. The zero-order valence-corrected chi connectivity index (χ0v) is 33.0. The fourth-order valence-electron chi connectivity index (χ4n) is 10.2. The number of rotatable bonds is 7. The molecule has 0 amide bonds. The highest BCUT2D eigenvalue weighted by molar-refractivity contribution is 6.16. The topological polar surface area (TPSA) is 3.24 Å². The van der Waals surface area contributed by atoms with E-state index in [0.29, 0.717) is 0 Å². The molecule has 0 unspecified atom stereocenters. The first-order valence-electron chi connectivity index (χ1n) is 20.8. The lowest BCUT2D eigenvalue weighted by Gasteiger charge is -2.34. The molecule has 0 fully saturated rings. The lowest BCUT2D eigenvalue weighted by molar-refractivity contribution is 0.772. The van der Waals surface area contributed by atoms with Gasteiger partial charge in [0.05, 0.1) is 11.1 Å². The molecule has 0 aliphatic heterocycles. The molecule has 280 valence electrons. The van der Waals surface area contributed by atoms with Gasteiger partial charge in [0.25, 0.3) is 0 Å². The molecule has 0 saturated carbocycles. The van der Waals surface area contributed by atoms with E-state index in [1.165, 1.54) is 87.6 Å². The zero-order valence-electron chi connectivity index (χ0n) is 33.0. The molecule has 0 N–H and O–H groups in total. The van der Waals surface area contributed by atoms with E-state index in [-0.39, 0.29) is 0 Å². The quantitative estimate of drug-likeness (QED) is 0.146. The van der Waals surface area contributed by atoms with Crippen molar-refractivity contribution in [3.8, 4) is 22.3 Å². The van der Waals surface area contributed by atoms with E-state index in [9.17, 15) is 0 Å². The predicted molar refractivity (Wildman–Crippen MR) is 254 cm³/mol. The van der Waals surface area contributed by atoms with Gasteiger partial charge in [0.1, 0.15) is 0 Å². The molecule has 1 nitrogen and oxygen atoms in total. The minimum absolute atomic E-state index is 0.455. The molecule has 1 heteroatoms. The molecule has 0 atom stereocenters. The first-order chi connectivity index (χ1) is 29.8. The van der Waals surface area contributed by atoms with Crippen molar-refractivity contribution in [2.24, 2.45) is 0 Å². The Morgan fingerprint density at radius 3 is 1.48 bits per heavy atom. The van der Waals surface area contributed by atoms with E-state index >= 15 is 0 Å². The van der Waals surface area contributed by atoms with Gasteiger partial charge in [0.2, 0.25) is 0 Å². The van der Waals surface area contributed by atoms with Crippen LogP contribution < -0.4 is 4.90 Å². The van der Waals surface area contributed by atoms with E-state index in [1.54, 1.807) is 0 Å². The maximum Gasteiger partial charge on any atom is 0.0714 e. The standard InChI is InChI=1S/C59H39N/c1-2-20-47(21-3-1)59(54-26-10-17-44-29-30-45-18-11-27-55(59)58(45)57(44)54)48-22-8-19-46(39-48)40-31-35-49(36-32-40)60(56-28-12-16-42-14-5-7-24-53(42)56)50-37-33-43(34-38-50)52-25-9-15-41-13-4-6-23-51(41)52/h1-39H. The minimum Gasteiger partial charge on any atom is -0.310 e. The molecule has 60 heavy (non-hydrogen) atoms. The Hall–Kier alpha value is -7.74. The molecule has 0 spiro atoms. The third-order valence-electron chi connectivity index (χ3n) is 12.9. The Morgan fingerprint density at radius 2 is 0.800 bits per heavy atom. The summed E-state index contributed by atoms with van der Waals surface area (Å²) in [6.45, 7) is 0. The highest BCUT2D eigenvalue weighted by Gasteiger charge is 2.44. The summed E-state index contributed by atoms with van der Waals surface area (Å²) >= 11 is 0. The predicted octanol–water partition coefficient (Wildman–Crippen LogP) is 15.8. The molecule has 0 aromatic heterocycles. The van der Waals surface area contributed by atoms with Crippen LogP contribution in [0.1, 0.15) is 22.3 Å². The molecular weight excluding hydrogens is 723 g/mol. The maximum absolute atomic E-state index is 2.43. The van der Waals surface area contributed by atoms with Gasteiger partial charge in [-0.1, -0.05) is 200 Å². The van der Waals surface area contributed by atoms with Gasteiger partial charge in [-0.3, -0.25) is 0 Å². The van der Waals surface area contributed by atoms with Crippen molar-refractivity contribution >= 4 is 60.2 Å². The van der Waals surface area contributed by atoms with E-state index in [2.05, 4.69) is 241 Å². The number of anilines is 3. The number of benzene rings is 11. The monoisotopic (exact) mass is 761 g/mol. The van der Waals surface area contributed by atoms with Crippen LogP contribution in [0.15, 0.2) is 237 Å². The second-order valence-electron chi connectivity index (χ2n) is 16.0. The number of hydrogen-bond donors (Lipinski definition) is 0. The van der Waals surface area contributed by atoms with Crippen molar-refractivity contribution in [1.29, 1.82) is 0 Å². The van der Waals surface area contributed by atoms with Crippen LogP contribution in [-0.2, 0) is 5.41 Å². The van der Waals surface area contributed by atoms with Crippen molar-refractivity contribution in [3.05, 3.63) is 259 Å². The van der Waals surface area contributed by atoms with Crippen LogP contribution in [0.4, 0.5) is 17.1 Å². The lowest BCUT2D eigenvalue weighted by Crippen LogP contribution is -2.28. The van der Waals surface area contributed by atoms with Gasteiger partial charge in [-0.05, 0) is 119 Å². The summed E-state index contributed by atoms with van der Waals surface area (Å²) in [6.07, 6.45) is 0. The van der Waals surface area contributed by atoms with Crippen LogP contribution in [0.3, 0.4) is 0 Å². The van der Waals surface area contributed by atoms with Gasteiger partial charge in [-0.2, -0.15) is 0 Å². The van der Waals surface area contributed by atoms with Gasteiger partial charge in [0, 0.05) is 16.8 Å². The van der Waals surface area contributed by atoms with E-state index in [1.807, 2.05) is 0 Å². The average Bonchev–Trinajstić information content (AvgIpc) is 3.64. The smallest absolute Gasteiger partial charge is 0.0714 e. The highest BCUT2D eigenvalue weighted by Crippen LogP contribution is 2.56. The molecule has 0 heterocycles. The second kappa shape index (κ2) is 13.7. The fraction of sp³-hybridized carbons (Fsp3) is 0.0169. The Balaban J connectivity index is 0.981. The van der Waals surface area contributed by atoms with Gasteiger partial charge in [0.15, 0.2) is 0 Å². The highest BCUT2D eigenvalue weighted by atomic mass is 15.1. The molecule has 11 aromatic carbocycles. The molecule has 11 aromatic rings. The SMILES string of the molecule is c1ccc(C2(c3cccc(-c4ccc(N(c5ccc(-c6cccc7ccccc67)cc5)c5cccc6ccccc56)cc4)c3)c3cccc4ccc5cccc2c5c34)cc1. The van der Waals surface area contributed by atoms with Gasteiger partial charge >= 0.3 is 0 Å². The van der Waals surface area contributed by atoms with Gasteiger partial charge in [-0.25, -0.2) is 0 Å². The molecular formula is C59H39N. The number of fused-ring (bicyclic) bond motifs is 2. The van der Waals surface area contributed by atoms with Crippen LogP contribution in [0.25, 0.3) is 65.3 Å². The van der Waals surface area contributed by atoms with Crippen LogP contribution in [0.5, 0.6) is 0 Å². The third kappa shape index (κ3) is 5.19. The van der Waals surface area contributed by atoms with Gasteiger partial charge < -0.3 is 4.90 Å². The fourth-order valence-corrected chi connectivity index (χ4v) is 10.2. The molecule has 0 saturated heterocycles. The van der Waals surface area contributed by atoms with Crippen molar-refractivity contribution in [2.45, 2.75) is 5.41 Å². The summed E-state index contributed by atoms with van der Waals surface area (Å²) in [5.74, 6) is 0. The van der Waals surface area contributed by atoms with E-state index in [4.69, 9.17) is 0 Å². The van der Waals surface area contributed by atoms with Crippen molar-refractivity contribution < 1.29 is 0 Å². The van der Waals surface area contributed by atoms with Crippen LogP contribution >= 0.6 is 0 Å². The van der Waals surface area contributed by atoms with Crippen LogP contribution in [-0.4, -0.2) is 0 Å². The largest absolute Gasteiger partial charge is 0.310 e. The van der Waals surface area contributed by atoms with Crippen molar-refractivity contribution in [3.63, 3.8) is 0 Å². The third-order valence-corrected chi connectivity index (χ3v) is 12.9. The Bertz CT molecular complexity index is 3340. The average molecular weight is 762 g/mol. The zero-order chi connectivity index (χ0) is 39.6. The summed E-state index contributed by atoms with van der Waals surface area (Å²) in [7, 11) is 0. The lowest BCUT2D eigenvalue weighted by atomic mass is 9.67. The summed E-state index contributed by atoms with van der Waals surface area (Å²) in [5, 5.41) is 10.2. The Kier molecular flexibility index (Phi) is 7.83. The molecule has 1 aliphatic rings. The van der Waals surface area contributed by atoms with Crippen LogP contribution in [0, 0.1) is 0 Å². The number of hydrogen-bond acceptors (Lipinski definition) is 1. The molecule has 12 rings (SSSR count). The summed E-state index contributed by atoms with van der Waals surface area (Å²) in [6, 6.07) is 87.3. The van der Waals surface area contributed by atoms with Gasteiger partial charge in [-0.15, -0.1) is 0 Å². The molecule has 0 radical (unpaired) electrons. The summed E-state index contributed by atoms with van der Waals surface area (Å²) < 4.78 is 0. The Labute approximate surface area is 350 Å². The normalized spacial score (nSPS) is 12.8. The van der Waals surface area contributed by atoms with Crippen LogP contribution in [0.2, 0.25) is 0 Å². The van der Waals surface area contributed by atoms with Crippen molar-refractivity contribution in [2.75, 3.05) is 4.90 Å². The number of nitrogens with zero attached hydrogens (tertiary/aromatic N) is 1. The Morgan fingerprint density at radius 1 is 0.300 bits per heavy atom. The van der Waals surface area contributed by atoms with Crippen molar-refractivity contribution in [1.82, 2.24) is 0 Å². The van der Waals surface area contributed by atoms with E-state index < -0.39 is 5.41 Å². The molecule has 1 aliphatic carbocycles. The summed E-state index contributed by atoms with van der Waals surface area (Å²) in [5.41, 5.74) is 13.0. The van der Waals surface area contributed by atoms with E-state index in [0.717, 1.165) is 17.1 Å². The minimum atomic E-state index is -0.455.